The second-order valence-electron chi connectivity index (χ2n) is 5.15. The molecule has 94 valence electrons. The number of nitrogens with one attached hydrogen (secondary N) is 1. The summed E-state index contributed by atoms with van der Waals surface area (Å²) < 4.78 is 0. The number of carbonyl (C=O) groups is 2. The normalized spacial score (nSPS) is 11.3. The van der Waals surface area contributed by atoms with Gasteiger partial charge < -0.3 is 15.0 Å². The summed E-state index contributed by atoms with van der Waals surface area (Å²) in [7, 11) is 1.63. The first-order chi connectivity index (χ1) is 7.72. The number of amides is 1. The molecule has 0 saturated heterocycles. The molecule has 6 nitrogen and oxygen atoms in total. The van der Waals surface area contributed by atoms with Crippen LogP contribution in [0.3, 0.4) is 0 Å². The maximum atomic E-state index is 12.0. The third-order valence-electron chi connectivity index (χ3n) is 2.11. The van der Waals surface area contributed by atoms with E-state index < -0.39 is 11.9 Å². The molecule has 1 aromatic heterocycles. The summed E-state index contributed by atoms with van der Waals surface area (Å²) in [6.45, 7) is 6.52. The van der Waals surface area contributed by atoms with Gasteiger partial charge in [0.2, 0.25) is 0 Å². The van der Waals surface area contributed by atoms with Crippen LogP contribution in [0.25, 0.3) is 0 Å². The second-order valence-corrected chi connectivity index (χ2v) is 5.15. The molecule has 0 unspecified atom stereocenters. The first kappa shape index (κ1) is 13.2. The number of carboxylic acid groups (broad SMARTS) is 1. The molecule has 0 aliphatic carbocycles. The number of hydrogen-bond acceptors (Lipinski definition) is 3. The highest BCUT2D eigenvalue weighted by atomic mass is 16.4. The van der Waals surface area contributed by atoms with Crippen molar-refractivity contribution in [3.8, 4) is 0 Å². The molecular formula is C11H17N3O3. The molecule has 0 aromatic carbocycles. The standard InChI is InChI=1S/C11H17N3O3/c1-11(2,3)5-14(4)9(15)7-8(10(16)17)13-6-12-7/h6H,5H2,1-4H3,(H,12,13)(H,16,17). The number of nitrogens with zero attached hydrogens (tertiary/aromatic N) is 2. The third-order valence-corrected chi connectivity index (χ3v) is 2.11. The molecule has 0 aliphatic heterocycles. The summed E-state index contributed by atoms with van der Waals surface area (Å²) in [6, 6.07) is 0. The lowest BCUT2D eigenvalue weighted by Crippen LogP contribution is -2.35. The van der Waals surface area contributed by atoms with Crippen molar-refractivity contribution in [2.24, 2.45) is 5.41 Å². The van der Waals surface area contributed by atoms with E-state index in [9.17, 15) is 9.59 Å². The van der Waals surface area contributed by atoms with Crippen LogP contribution in [-0.2, 0) is 0 Å². The molecule has 1 heterocycles. The Hall–Kier alpha value is -1.85. The van der Waals surface area contributed by atoms with E-state index in [2.05, 4.69) is 9.97 Å². The zero-order valence-electron chi connectivity index (χ0n) is 10.4. The van der Waals surface area contributed by atoms with E-state index in [1.807, 2.05) is 20.8 Å². The summed E-state index contributed by atoms with van der Waals surface area (Å²) in [5, 5.41) is 8.88. The smallest absolute Gasteiger partial charge is 0.354 e. The minimum absolute atomic E-state index is 0.0515. The van der Waals surface area contributed by atoms with Crippen molar-refractivity contribution >= 4 is 11.9 Å². The van der Waals surface area contributed by atoms with Crippen LogP contribution >= 0.6 is 0 Å². The quantitative estimate of drug-likeness (QED) is 0.830. The minimum atomic E-state index is -1.19. The van der Waals surface area contributed by atoms with Gasteiger partial charge in [0.25, 0.3) is 5.91 Å². The van der Waals surface area contributed by atoms with Gasteiger partial charge in [-0.15, -0.1) is 0 Å². The number of aromatic nitrogens is 2. The van der Waals surface area contributed by atoms with Crippen LogP contribution in [0, 0.1) is 5.41 Å². The van der Waals surface area contributed by atoms with Crippen molar-refractivity contribution < 1.29 is 14.7 Å². The minimum Gasteiger partial charge on any atom is -0.477 e. The maximum Gasteiger partial charge on any atom is 0.354 e. The van der Waals surface area contributed by atoms with Crippen LogP contribution in [0.4, 0.5) is 0 Å². The first-order valence-electron chi connectivity index (χ1n) is 5.24. The van der Waals surface area contributed by atoms with Crippen molar-refractivity contribution in [3.05, 3.63) is 17.7 Å². The van der Waals surface area contributed by atoms with Gasteiger partial charge in [-0.05, 0) is 5.41 Å². The monoisotopic (exact) mass is 239 g/mol. The molecule has 0 atom stereocenters. The lowest BCUT2D eigenvalue weighted by atomic mass is 9.96. The Morgan fingerprint density at radius 2 is 2.06 bits per heavy atom. The summed E-state index contributed by atoms with van der Waals surface area (Å²) in [6.07, 6.45) is 1.21. The van der Waals surface area contributed by atoms with Gasteiger partial charge in [0.15, 0.2) is 11.4 Å². The van der Waals surface area contributed by atoms with Crippen molar-refractivity contribution in [1.82, 2.24) is 14.9 Å². The predicted molar refractivity (Wildman–Crippen MR) is 62.0 cm³/mol. The second kappa shape index (κ2) is 4.57. The van der Waals surface area contributed by atoms with Crippen LogP contribution in [-0.4, -0.2) is 45.4 Å². The molecule has 17 heavy (non-hydrogen) atoms. The van der Waals surface area contributed by atoms with Gasteiger partial charge in [0.1, 0.15) is 0 Å². The molecule has 1 aromatic rings. The molecule has 0 aliphatic rings. The summed E-state index contributed by atoms with van der Waals surface area (Å²) in [4.78, 5) is 30.5. The number of aromatic amines is 1. The molecule has 6 heteroatoms. The molecule has 1 rings (SSSR count). The Kier molecular flexibility index (Phi) is 3.55. The van der Waals surface area contributed by atoms with E-state index in [1.54, 1.807) is 7.05 Å². The molecule has 0 fully saturated rings. The third kappa shape index (κ3) is 3.30. The fourth-order valence-electron chi connectivity index (χ4n) is 1.58. The first-order valence-corrected chi connectivity index (χ1v) is 5.24. The van der Waals surface area contributed by atoms with E-state index in [0.29, 0.717) is 6.54 Å². The lowest BCUT2D eigenvalue weighted by molar-refractivity contribution is 0.0667. The number of rotatable bonds is 3. The molecular weight excluding hydrogens is 222 g/mol. The number of hydrogen-bond donors (Lipinski definition) is 2. The van der Waals surface area contributed by atoms with Crippen LogP contribution in [0.2, 0.25) is 0 Å². The molecule has 0 saturated carbocycles. The van der Waals surface area contributed by atoms with Crippen LogP contribution in [0.5, 0.6) is 0 Å². The van der Waals surface area contributed by atoms with Gasteiger partial charge in [-0.3, -0.25) is 4.79 Å². The topological polar surface area (TPSA) is 86.3 Å². The van der Waals surface area contributed by atoms with Crippen molar-refractivity contribution in [2.45, 2.75) is 20.8 Å². The Labute approximate surface area is 99.7 Å². The Bertz CT molecular complexity index is 431. The van der Waals surface area contributed by atoms with E-state index in [-0.39, 0.29) is 16.8 Å². The highest BCUT2D eigenvalue weighted by Crippen LogP contribution is 2.16. The zero-order chi connectivity index (χ0) is 13.2. The average molecular weight is 239 g/mol. The highest BCUT2D eigenvalue weighted by Gasteiger charge is 2.25. The van der Waals surface area contributed by atoms with Gasteiger partial charge in [-0.1, -0.05) is 20.8 Å². The van der Waals surface area contributed by atoms with Gasteiger partial charge in [-0.2, -0.15) is 0 Å². The Morgan fingerprint density at radius 1 is 1.47 bits per heavy atom. The van der Waals surface area contributed by atoms with E-state index >= 15 is 0 Å². The van der Waals surface area contributed by atoms with Crippen LogP contribution in [0.1, 0.15) is 41.7 Å². The predicted octanol–water partition coefficient (Wildman–Crippen LogP) is 1.23. The van der Waals surface area contributed by atoms with Crippen molar-refractivity contribution in [2.75, 3.05) is 13.6 Å². The van der Waals surface area contributed by atoms with E-state index in [0.717, 1.165) is 0 Å². The number of H-pyrrole nitrogens is 1. The average Bonchev–Trinajstić information content (AvgIpc) is 2.61. The lowest BCUT2D eigenvalue weighted by Gasteiger charge is -2.26. The van der Waals surface area contributed by atoms with Gasteiger partial charge in [0, 0.05) is 13.6 Å². The molecule has 2 N–H and O–H groups in total. The Balaban J connectivity index is 2.89. The summed E-state index contributed by atoms with van der Waals surface area (Å²) in [5.41, 5.74) is -0.274. The molecule has 0 bridgehead atoms. The number of imidazole rings is 1. The number of aromatic carboxylic acids is 1. The molecule has 0 radical (unpaired) electrons. The largest absolute Gasteiger partial charge is 0.477 e. The fraction of sp³-hybridized carbons (Fsp3) is 0.545. The van der Waals surface area contributed by atoms with E-state index in [1.165, 1.54) is 11.2 Å². The van der Waals surface area contributed by atoms with E-state index in [4.69, 9.17) is 5.11 Å². The molecule has 1 amide bonds. The van der Waals surface area contributed by atoms with Crippen LogP contribution < -0.4 is 0 Å². The van der Waals surface area contributed by atoms with Gasteiger partial charge in [0.05, 0.1) is 6.33 Å². The van der Waals surface area contributed by atoms with Gasteiger partial charge in [-0.25, -0.2) is 9.78 Å². The number of carboxylic acids is 1. The van der Waals surface area contributed by atoms with Crippen LogP contribution in [0.15, 0.2) is 6.33 Å². The van der Waals surface area contributed by atoms with Crippen molar-refractivity contribution in [1.29, 1.82) is 0 Å². The zero-order valence-corrected chi connectivity index (χ0v) is 10.4. The highest BCUT2D eigenvalue weighted by molar-refractivity contribution is 6.02. The number of carbonyl (C=O) groups excluding carboxylic acids is 1. The fourth-order valence-corrected chi connectivity index (χ4v) is 1.58. The Morgan fingerprint density at radius 3 is 2.53 bits per heavy atom. The summed E-state index contributed by atoms with van der Waals surface area (Å²) >= 11 is 0. The van der Waals surface area contributed by atoms with Gasteiger partial charge >= 0.3 is 5.97 Å². The maximum absolute atomic E-state index is 12.0. The molecule has 0 spiro atoms. The SMILES string of the molecule is CN(CC(C)(C)C)C(=O)c1nc[nH]c1C(=O)O. The summed E-state index contributed by atoms with van der Waals surface area (Å²) in [5.74, 6) is -1.58. The van der Waals surface area contributed by atoms with Crippen molar-refractivity contribution in [3.63, 3.8) is 0 Å².